The van der Waals surface area contributed by atoms with Gasteiger partial charge in [-0.25, -0.2) is 9.38 Å². The van der Waals surface area contributed by atoms with Crippen LogP contribution in [0.3, 0.4) is 0 Å². The Kier molecular flexibility index (Phi) is 3.73. The van der Waals surface area contributed by atoms with Gasteiger partial charge in [0.15, 0.2) is 11.5 Å². The van der Waals surface area contributed by atoms with Gasteiger partial charge in [0.1, 0.15) is 0 Å². The van der Waals surface area contributed by atoms with E-state index in [1.807, 2.05) is 28.7 Å². The molecule has 27 heavy (non-hydrogen) atoms. The van der Waals surface area contributed by atoms with Crippen molar-refractivity contribution < 1.29 is 9.66 Å². The van der Waals surface area contributed by atoms with Crippen molar-refractivity contribution in [1.82, 2.24) is 19.6 Å². The van der Waals surface area contributed by atoms with Crippen LogP contribution in [0.2, 0.25) is 0 Å². The van der Waals surface area contributed by atoms with Crippen LogP contribution in [-0.4, -0.2) is 50.8 Å². The molecule has 1 aliphatic rings. The van der Waals surface area contributed by atoms with Crippen molar-refractivity contribution in [3.63, 3.8) is 0 Å². The van der Waals surface area contributed by atoms with Crippen molar-refractivity contribution in [3.05, 3.63) is 46.5 Å². The first-order valence-corrected chi connectivity index (χ1v) is 9.25. The first kappa shape index (κ1) is 16.1. The summed E-state index contributed by atoms with van der Waals surface area (Å²) in [6.07, 6.45) is 0. The highest BCUT2D eigenvalue weighted by molar-refractivity contribution is 7.18. The van der Waals surface area contributed by atoms with Gasteiger partial charge in [-0.1, -0.05) is 23.5 Å². The fraction of sp³-hybridized carbons (Fsp3) is 0.235. The van der Waals surface area contributed by atoms with Crippen LogP contribution >= 0.6 is 11.3 Å². The van der Waals surface area contributed by atoms with E-state index in [-0.39, 0.29) is 5.00 Å². The molecule has 10 heteroatoms. The van der Waals surface area contributed by atoms with Crippen molar-refractivity contribution in [1.29, 1.82) is 0 Å². The van der Waals surface area contributed by atoms with Crippen LogP contribution in [0, 0.1) is 10.1 Å². The van der Waals surface area contributed by atoms with Gasteiger partial charge in [0.2, 0.25) is 5.95 Å². The predicted molar refractivity (Wildman–Crippen MR) is 101 cm³/mol. The zero-order valence-electron chi connectivity index (χ0n) is 14.1. The summed E-state index contributed by atoms with van der Waals surface area (Å²) in [5.74, 6) is 1.28. The van der Waals surface area contributed by atoms with Crippen molar-refractivity contribution in [3.8, 4) is 10.7 Å². The lowest BCUT2D eigenvalue weighted by atomic mass is 10.2. The van der Waals surface area contributed by atoms with Crippen LogP contribution in [0.25, 0.3) is 27.3 Å². The number of fused-ring (bicyclic) bond motifs is 3. The fourth-order valence-corrected chi connectivity index (χ4v) is 4.04. The summed E-state index contributed by atoms with van der Waals surface area (Å²) in [5.41, 5.74) is 1.52. The number of nitro groups is 1. The second kappa shape index (κ2) is 6.25. The van der Waals surface area contributed by atoms with Crippen LogP contribution in [0.5, 0.6) is 0 Å². The third-order valence-corrected chi connectivity index (χ3v) is 5.55. The fourth-order valence-electron chi connectivity index (χ4n) is 3.25. The number of thiophene rings is 1. The van der Waals surface area contributed by atoms with Crippen LogP contribution in [0.4, 0.5) is 10.9 Å². The summed E-state index contributed by atoms with van der Waals surface area (Å²) in [6.45, 7) is 2.67. The Bertz CT molecular complexity index is 1160. The lowest BCUT2D eigenvalue weighted by Gasteiger charge is -2.28. The average Bonchev–Trinajstić information content (AvgIpc) is 3.35. The highest BCUT2D eigenvalue weighted by Gasteiger charge is 2.23. The Morgan fingerprint density at radius 1 is 1.11 bits per heavy atom. The quantitative estimate of drug-likeness (QED) is 0.397. The molecule has 0 atom stereocenters. The Labute approximate surface area is 157 Å². The molecule has 5 rings (SSSR count). The zero-order valence-corrected chi connectivity index (χ0v) is 14.9. The first-order valence-electron chi connectivity index (χ1n) is 8.43. The number of para-hydroxylation sites is 1. The number of rotatable bonds is 3. The van der Waals surface area contributed by atoms with Gasteiger partial charge in [-0.2, -0.15) is 0 Å². The molecule has 0 radical (unpaired) electrons. The van der Waals surface area contributed by atoms with E-state index in [1.54, 1.807) is 6.07 Å². The minimum Gasteiger partial charge on any atom is -0.378 e. The SMILES string of the molecule is O=[N+]([O-])c1ccc(-c2nnc3c4ccccc4nc(N4CCOCC4)n23)s1. The summed E-state index contributed by atoms with van der Waals surface area (Å²) < 4.78 is 7.36. The van der Waals surface area contributed by atoms with Gasteiger partial charge in [0.05, 0.1) is 28.5 Å². The molecule has 0 saturated carbocycles. The van der Waals surface area contributed by atoms with Gasteiger partial charge >= 0.3 is 5.00 Å². The second-order valence-corrected chi connectivity index (χ2v) is 7.17. The molecule has 9 nitrogen and oxygen atoms in total. The number of hydrogen-bond donors (Lipinski definition) is 0. The normalized spacial score (nSPS) is 14.9. The number of hydrogen-bond acceptors (Lipinski definition) is 8. The molecule has 136 valence electrons. The van der Waals surface area contributed by atoms with E-state index in [0.29, 0.717) is 42.7 Å². The lowest BCUT2D eigenvalue weighted by molar-refractivity contribution is -0.380. The molecule has 4 aromatic rings. The van der Waals surface area contributed by atoms with Crippen molar-refractivity contribution in [2.75, 3.05) is 31.2 Å². The molecular weight excluding hydrogens is 368 g/mol. The molecule has 0 unspecified atom stereocenters. The molecule has 0 N–H and O–H groups in total. The van der Waals surface area contributed by atoms with Crippen LogP contribution in [0.1, 0.15) is 0 Å². The molecule has 0 aliphatic carbocycles. The van der Waals surface area contributed by atoms with Gasteiger partial charge in [-0.05, 0) is 18.2 Å². The summed E-state index contributed by atoms with van der Waals surface area (Å²) in [5, 5.41) is 20.8. The van der Waals surface area contributed by atoms with E-state index in [0.717, 1.165) is 28.2 Å². The molecule has 0 bridgehead atoms. The van der Waals surface area contributed by atoms with Gasteiger partial charge in [-0.15, -0.1) is 10.2 Å². The Morgan fingerprint density at radius 2 is 1.93 bits per heavy atom. The van der Waals surface area contributed by atoms with Gasteiger partial charge < -0.3 is 9.64 Å². The molecule has 4 heterocycles. The smallest absolute Gasteiger partial charge is 0.324 e. The third-order valence-electron chi connectivity index (χ3n) is 4.51. The van der Waals surface area contributed by atoms with Crippen LogP contribution in [0.15, 0.2) is 36.4 Å². The Balaban J connectivity index is 1.78. The zero-order chi connectivity index (χ0) is 18.4. The van der Waals surface area contributed by atoms with Gasteiger partial charge in [0.25, 0.3) is 0 Å². The van der Waals surface area contributed by atoms with E-state index in [2.05, 4.69) is 15.1 Å². The highest BCUT2D eigenvalue weighted by Crippen LogP contribution is 2.34. The number of benzene rings is 1. The maximum Gasteiger partial charge on any atom is 0.324 e. The van der Waals surface area contributed by atoms with Crippen molar-refractivity contribution >= 4 is 38.8 Å². The van der Waals surface area contributed by atoms with E-state index in [4.69, 9.17) is 9.72 Å². The molecular formula is C17H14N6O3S. The lowest BCUT2D eigenvalue weighted by Crippen LogP contribution is -2.38. The highest BCUT2D eigenvalue weighted by atomic mass is 32.1. The number of morpholine rings is 1. The van der Waals surface area contributed by atoms with Crippen molar-refractivity contribution in [2.24, 2.45) is 0 Å². The maximum atomic E-state index is 11.1. The Hall–Kier alpha value is -3.11. The number of ether oxygens (including phenoxy) is 1. The number of aromatic nitrogens is 4. The summed E-state index contributed by atoms with van der Waals surface area (Å²) in [4.78, 5) is 18.3. The summed E-state index contributed by atoms with van der Waals surface area (Å²) in [6, 6.07) is 11.0. The standard InChI is InChI=1S/C17H14N6O3S/c24-23(25)14-6-5-13(27-14)16-20-19-15-11-3-1-2-4-12(11)18-17(22(15)16)21-7-9-26-10-8-21/h1-6H,7-10H2. The summed E-state index contributed by atoms with van der Waals surface area (Å²) >= 11 is 1.08. The maximum absolute atomic E-state index is 11.1. The molecule has 1 fully saturated rings. The topological polar surface area (TPSA) is 98.7 Å². The van der Waals surface area contributed by atoms with Gasteiger partial charge in [0, 0.05) is 24.5 Å². The van der Waals surface area contributed by atoms with E-state index in [9.17, 15) is 10.1 Å². The average molecular weight is 382 g/mol. The van der Waals surface area contributed by atoms with Gasteiger partial charge in [-0.3, -0.25) is 10.1 Å². The molecule has 0 amide bonds. The van der Waals surface area contributed by atoms with E-state index < -0.39 is 4.92 Å². The van der Waals surface area contributed by atoms with Crippen LogP contribution in [-0.2, 0) is 4.74 Å². The first-order chi connectivity index (χ1) is 13.2. The minimum absolute atomic E-state index is 0.0726. The molecule has 3 aromatic heterocycles. The van der Waals surface area contributed by atoms with E-state index >= 15 is 0 Å². The molecule has 1 aliphatic heterocycles. The Morgan fingerprint density at radius 3 is 2.70 bits per heavy atom. The molecule has 0 spiro atoms. The summed E-state index contributed by atoms with van der Waals surface area (Å²) in [7, 11) is 0. The van der Waals surface area contributed by atoms with Crippen LogP contribution < -0.4 is 4.90 Å². The predicted octanol–water partition coefficient (Wildman–Crippen LogP) is 2.75. The molecule has 1 aromatic carbocycles. The number of anilines is 1. The third kappa shape index (κ3) is 2.61. The largest absolute Gasteiger partial charge is 0.378 e. The minimum atomic E-state index is -0.395. The molecule has 1 saturated heterocycles. The second-order valence-electron chi connectivity index (χ2n) is 6.11. The van der Waals surface area contributed by atoms with Crippen molar-refractivity contribution in [2.45, 2.75) is 0 Å². The number of nitrogens with zero attached hydrogens (tertiary/aromatic N) is 6. The van der Waals surface area contributed by atoms with E-state index in [1.165, 1.54) is 6.07 Å². The monoisotopic (exact) mass is 382 g/mol.